The summed E-state index contributed by atoms with van der Waals surface area (Å²) in [7, 11) is 1.85. The SMILES string of the molecule is Cc1cc(C)c(NC(=O)c2nn(C)c3ccccc23)cc1C. The van der Waals surface area contributed by atoms with E-state index >= 15 is 0 Å². The van der Waals surface area contributed by atoms with Crippen LogP contribution in [0.4, 0.5) is 5.69 Å². The smallest absolute Gasteiger partial charge is 0.276 e. The van der Waals surface area contributed by atoms with Gasteiger partial charge in [-0.25, -0.2) is 0 Å². The van der Waals surface area contributed by atoms with Gasteiger partial charge in [0.05, 0.1) is 5.52 Å². The lowest BCUT2D eigenvalue weighted by molar-refractivity contribution is 0.102. The van der Waals surface area contributed by atoms with E-state index in [1.54, 1.807) is 4.68 Å². The van der Waals surface area contributed by atoms with E-state index in [1.807, 2.05) is 51.2 Å². The van der Waals surface area contributed by atoms with E-state index in [2.05, 4.69) is 23.4 Å². The third-order valence-corrected chi connectivity index (χ3v) is 4.06. The predicted molar refractivity (Wildman–Crippen MR) is 89.3 cm³/mol. The van der Waals surface area contributed by atoms with E-state index in [1.165, 1.54) is 5.56 Å². The molecule has 0 atom stereocenters. The van der Waals surface area contributed by atoms with Crippen LogP contribution in [-0.2, 0) is 7.05 Å². The zero-order valence-corrected chi connectivity index (χ0v) is 13.3. The molecule has 0 aliphatic heterocycles. The Hall–Kier alpha value is -2.62. The van der Waals surface area contributed by atoms with Crippen LogP contribution in [0.25, 0.3) is 10.9 Å². The number of aromatic nitrogens is 2. The molecule has 2 aromatic carbocycles. The second-order valence-electron chi connectivity index (χ2n) is 5.69. The lowest BCUT2D eigenvalue weighted by Crippen LogP contribution is -2.14. The van der Waals surface area contributed by atoms with Crippen LogP contribution in [0.1, 0.15) is 27.2 Å². The fourth-order valence-electron chi connectivity index (χ4n) is 2.66. The van der Waals surface area contributed by atoms with Crippen LogP contribution in [0.5, 0.6) is 0 Å². The van der Waals surface area contributed by atoms with Gasteiger partial charge in [0.25, 0.3) is 5.91 Å². The van der Waals surface area contributed by atoms with Gasteiger partial charge in [0.2, 0.25) is 0 Å². The Morgan fingerprint density at radius 3 is 2.50 bits per heavy atom. The third-order valence-electron chi connectivity index (χ3n) is 4.06. The molecule has 112 valence electrons. The average Bonchev–Trinajstić information content (AvgIpc) is 2.83. The summed E-state index contributed by atoms with van der Waals surface area (Å²) >= 11 is 0. The number of hydrogen-bond acceptors (Lipinski definition) is 2. The molecule has 0 saturated carbocycles. The first-order valence-electron chi connectivity index (χ1n) is 7.28. The van der Waals surface area contributed by atoms with Gasteiger partial charge in [0.15, 0.2) is 5.69 Å². The molecule has 1 heterocycles. The van der Waals surface area contributed by atoms with Crippen LogP contribution < -0.4 is 5.32 Å². The fourth-order valence-corrected chi connectivity index (χ4v) is 2.66. The maximum Gasteiger partial charge on any atom is 0.276 e. The van der Waals surface area contributed by atoms with Gasteiger partial charge in [0.1, 0.15) is 0 Å². The molecule has 0 bridgehead atoms. The van der Waals surface area contributed by atoms with Crippen molar-refractivity contribution in [2.24, 2.45) is 7.05 Å². The molecule has 4 heteroatoms. The topological polar surface area (TPSA) is 46.9 Å². The molecular weight excluding hydrogens is 274 g/mol. The van der Waals surface area contributed by atoms with E-state index < -0.39 is 0 Å². The molecule has 4 nitrogen and oxygen atoms in total. The minimum atomic E-state index is -0.178. The first kappa shape index (κ1) is 14.3. The molecule has 0 spiro atoms. The summed E-state index contributed by atoms with van der Waals surface area (Å²) in [6.07, 6.45) is 0. The molecule has 22 heavy (non-hydrogen) atoms. The Kier molecular flexibility index (Phi) is 3.45. The van der Waals surface area contributed by atoms with Crippen LogP contribution in [0.2, 0.25) is 0 Å². The molecule has 1 N–H and O–H groups in total. The molecule has 0 fully saturated rings. The van der Waals surface area contributed by atoms with Crippen LogP contribution in [0.15, 0.2) is 36.4 Å². The van der Waals surface area contributed by atoms with Gasteiger partial charge in [-0.1, -0.05) is 24.3 Å². The third kappa shape index (κ3) is 2.37. The molecule has 0 saturated heterocycles. The standard InChI is InChI=1S/C18H19N3O/c1-11-9-13(3)15(10-12(11)2)19-18(22)17-14-7-5-6-8-16(14)21(4)20-17/h5-10H,1-4H3,(H,19,22). The average molecular weight is 293 g/mol. The van der Waals surface area contributed by atoms with Crippen molar-refractivity contribution >= 4 is 22.5 Å². The molecule has 0 aliphatic carbocycles. The van der Waals surface area contributed by atoms with Gasteiger partial charge >= 0.3 is 0 Å². The monoisotopic (exact) mass is 293 g/mol. The van der Waals surface area contributed by atoms with E-state index in [9.17, 15) is 4.79 Å². The fraction of sp³-hybridized carbons (Fsp3) is 0.222. The zero-order valence-electron chi connectivity index (χ0n) is 13.3. The lowest BCUT2D eigenvalue weighted by Gasteiger charge is -2.10. The highest BCUT2D eigenvalue weighted by Crippen LogP contribution is 2.22. The quantitative estimate of drug-likeness (QED) is 0.782. The van der Waals surface area contributed by atoms with E-state index in [4.69, 9.17) is 0 Å². The van der Waals surface area contributed by atoms with Crippen molar-refractivity contribution in [1.82, 2.24) is 9.78 Å². The molecule has 3 aromatic rings. The van der Waals surface area contributed by atoms with Crippen LogP contribution in [0, 0.1) is 20.8 Å². The van der Waals surface area contributed by atoms with Crippen molar-refractivity contribution in [3.63, 3.8) is 0 Å². The number of anilines is 1. The predicted octanol–water partition coefficient (Wildman–Crippen LogP) is 3.75. The second-order valence-corrected chi connectivity index (χ2v) is 5.69. The molecular formula is C18H19N3O. The molecule has 0 aliphatic rings. The maximum absolute atomic E-state index is 12.6. The van der Waals surface area contributed by atoms with Gasteiger partial charge in [-0.15, -0.1) is 0 Å². The summed E-state index contributed by atoms with van der Waals surface area (Å²) < 4.78 is 1.73. The number of fused-ring (bicyclic) bond motifs is 1. The molecule has 0 unspecified atom stereocenters. The number of rotatable bonds is 2. The van der Waals surface area contributed by atoms with Gasteiger partial charge in [-0.3, -0.25) is 9.48 Å². The zero-order chi connectivity index (χ0) is 15.9. The number of carbonyl (C=O) groups is 1. The van der Waals surface area contributed by atoms with Gasteiger partial charge in [-0.05, 0) is 49.6 Å². The summed E-state index contributed by atoms with van der Waals surface area (Å²) in [4.78, 5) is 12.6. The Morgan fingerprint density at radius 2 is 1.73 bits per heavy atom. The number of nitrogens with one attached hydrogen (secondary N) is 1. The summed E-state index contributed by atoms with van der Waals surface area (Å²) in [6, 6.07) is 11.8. The normalized spacial score (nSPS) is 10.9. The van der Waals surface area contributed by atoms with Gasteiger partial charge in [-0.2, -0.15) is 5.10 Å². The Labute approximate surface area is 129 Å². The van der Waals surface area contributed by atoms with Crippen molar-refractivity contribution in [3.8, 4) is 0 Å². The maximum atomic E-state index is 12.6. The summed E-state index contributed by atoms with van der Waals surface area (Å²) in [5, 5.41) is 8.21. The highest BCUT2D eigenvalue weighted by molar-refractivity contribution is 6.11. The first-order valence-corrected chi connectivity index (χ1v) is 7.28. The number of hydrogen-bond donors (Lipinski definition) is 1. The summed E-state index contributed by atoms with van der Waals surface area (Å²) in [5.41, 5.74) is 5.67. The lowest BCUT2D eigenvalue weighted by atomic mass is 10.0. The highest BCUT2D eigenvalue weighted by atomic mass is 16.2. The summed E-state index contributed by atoms with van der Waals surface area (Å²) in [5.74, 6) is -0.178. The van der Waals surface area contributed by atoms with Gasteiger partial charge < -0.3 is 5.32 Å². The Bertz CT molecular complexity index is 877. The number of aryl methyl sites for hydroxylation is 4. The molecule has 1 amide bonds. The van der Waals surface area contributed by atoms with E-state index in [-0.39, 0.29) is 5.91 Å². The number of nitrogens with zero attached hydrogens (tertiary/aromatic N) is 2. The largest absolute Gasteiger partial charge is 0.320 e. The Morgan fingerprint density at radius 1 is 1.05 bits per heavy atom. The van der Waals surface area contributed by atoms with Gasteiger partial charge in [0, 0.05) is 18.1 Å². The Balaban J connectivity index is 1.99. The van der Waals surface area contributed by atoms with Crippen LogP contribution in [-0.4, -0.2) is 15.7 Å². The van der Waals surface area contributed by atoms with Crippen molar-refractivity contribution in [1.29, 1.82) is 0 Å². The van der Waals surface area contributed by atoms with Crippen LogP contribution in [0.3, 0.4) is 0 Å². The van der Waals surface area contributed by atoms with Crippen molar-refractivity contribution in [3.05, 3.63) is 58.8 Å². The minimum Gasteiger partial charge on any atom is -0.320 e. The summed E-state index contributed by atoms with van der Waals surface area (Å²) in [6.45, 7) is 6.11. The van der Waals surface area contributed by atoms with E-state index in [0.29, 0.717) is 5.69 Å². The first-order chi connectivity index (χ1) is 10.5. The second kappa shape index (κ2) is 5.30. The number of para-hydroxylation sites is 1. The van der Waals surface area contributed by atoms with Crippen molar-refractivity contribution < 1.29 is 4.79 Å². The van der Waals surface area contributed by atoms with Crippen molar-refractivity contribution in [2.75, 3.05) is 5.32 Å². The molecule has 0 radical (unpaired) electrons. The number of carbonyl (C=O) groups excluding carboxylic acids is 1. The molecule has 1 aromatic heterocycles. The number of benzene rings is 2. The number of amides is 1. The van der Waals surface area contributed by atoms with Crippen molar-refractivity contribution in [2.45, 2.75) is 20.8 Å². The van der Waals surface area contributed by atoms with E-state index in [0.717, 1.165) is 27.7 Å². The minimum absolute atomic E-state index is 0.178. The highest BCUT2D eigenvalue weighted by Gasteiger charge is 2.16. The molecule has 3 rings (SSSR count). The van der Waals surface area contributed by atoms with Crippen LogP contribution >= 0.6 is 0 Å².